The number of piperidine rings is 1. The Morgan fingerprint density at radius 2 is 2.00 bits per heavy atom. The number of halogens is 3. The van der Waals surface area contributed by atoms with Crippen LogP contribution in [-0.2, 0) is 0 Å². The number of hydrogen-bond donors (Lipinski definition) is 0. The molecule has 1 amide bonds. The van der Waals surface area contributed by atoms with Gasteiger partial charge in [-0.05, 0) is 39.2 Å². The van der Waals surface area contributed by atoms with Gasteiger partial charge in [0.15, 0.2) is 0 Å². The summed E-state index contributed by atoms with van der Waals surface area (Å²) >= 11 is 0. The molecule has 3 rings (SSSR count). The molecule has 1 saturated heterocycles. The molecule has 0 radical (unpaired) electrons. The summed E-state index contributed by atoms with van der Waals surface area (Å²) < 4.78 is 41.0. The maximum atomic E-state index is 13.2. The maximum Gasteiger partial charge on any atom is 0.408 e. The van der Waals surface area contributed by atoms with E-state index in [1.165, 1.54) is 4.40 Å². The molecule has 6 nitrogen and oxygen atoms in total. The molecule has 1 fully saturated rings. The van der Waals surface area contributed by atoms with E-state index < -0.39 is 18.1 Å². The number of fused-ring (bicyclic) bond motifs is 1. The Morgan fingerprint density at radius 3 is 2.70 bits per heavy atom. The van der Waals surface area contributed by atoms with Crippen molar-refractivity contribution in [1.82, 2.24) is 24.5 Å². The Bertz CT molecular complexity index is 755. The molecule has 0 spiro atoms. The molecule has 0 aliphatic carbocycles. The van der Waals surface area contributed by atoms with Crippen molar-refractivity contribution in [3.05, 3.63) is 23.3 Å². The van der Waals surface area contributed by atoms with Crippen LogP contribution in [0.1, 0.15) is 41.3 Å². The van der Waals surface area contributed by atoms with Gasteiger partial charge in [0.25, 0.3) is 11.7 Å². The van der Waals surface area contributed by atoms with Gasteiger partial charge in [-0.15, -0.1) is 10.2 Å². The van der Waals surface area contributed by atoms with E-state index in [1.807, 2.05) is 0 Å². The summed E-state index contributed by atoms with van der Waals surface area (Å²) in [6.07, 6.45) is -3.53. The average molecular weight is 327 g/mol. The molecule has 0 aromatic carbocycles. The van der Waals surface area contributed by atoms with Gasteiger partial charge < -0.3 is 4.90 Å². The molecule has 3 heterocycles. The Kier molecular flexibility index (Phi) is 3.73. The summed E-state index contributed by atoms with van der Waals surface area (Å²) in [5, 5.41) is 7.60. The first kappa shape index (κ1) is 15.7. The van der Waals surface area contributed by atoms with Crippen molar-refractivity contribution >= 4 is 11.7 Å². The molecule has 124 valence electrons. The van der Waals surface area contributed by atoms with Gasteiger partial charge in [-0.25, -0.2) is 4.98 Å². The van der Waals surface area contributed by atoms with Gasteiger partial charge >= 0.3 is 6.18 Å². The minimum Gasteiger partial charge on any atom is -0.324 e. The first-order valence-corrected chi connectivity index (χ1v) is 7.36. The smallest absolute Gasteiger partial charge is 0.324 e. The largest absolute Gasteiger partial charge is 0.408 e. The molecule has 2 aromatic rings. The zero-order chi connectivity index (χ0) is 16.8. The molecule has 23 heavy (non-hydrogen) atoms. The lowest BCUT2D eigenvalue weighted by Gasteiger charge is -2.36. The van der Waals surface area contributed by atoms with Gasteiger partial charge in [-0.1, -0.05) is 0 Å². The van der Waals surface area contributed by atoms with Crippen molar-refractivity contribution in [2.24, 2.45) is 0 Å². The summed E-state index contributed by atoms with van der Waals surface area (Å²) in [4.78, 5) is 17.7. The first-order valence-electron chi connectivity index (χ1n) is 7.36. The van der Waals surface area contributed by atoms with Gasteiger partial charge in [-0.2, -0.15) is 13.2 Å². The van der Waals surface area contributed by atoms with Gasteiger partial charge in [0.1, 0.15) is 6.04 Å². The summed E-state index contributed by atoms with van der Waals surface area (Å²) in [5.74, 6) is -0.666. The highest BCUT2D eigenvalue weighted by Crippen LogP contribution is 2.32. The minimum atomic E-state index is -4.44. The molecular weight excluding hydrogens is 311 g/mol. The number of hydrogen-bond acceptors (Lipinski definition) is 4. The highest BCUT2D eigenvalue weighted by atomic mass is 19.4. The number of likely N-dealkylation sites (tertiary alicyclic amines) is 1. The predicted molar refractivity (Wildman–Crippen MR) is 75.0 cm³/mol. The van der Waals surface area contributed by atoms with Crippen molar-refractivity contribution in [1.29, 1.82) is 0 Å². The fourth-order valence-electron chi connectivity index (χ4n) is 3.01. The van der Waals surface area contributed by atoms with Crippen LogP contribution in [0.2, 0.25) is 0 Å². The number of aromatic nitrogens is 4. The van der Waals surface area contributed by atoms with Crippen LogP contribution in [0.4, 0.5) is 13.2 Å². The quantitative estimate of drug-likeness (QED) is 0.806. The number of aryl methyl sites for hydroxylation is 2. The van der Waals surface area contributed by atoms with Crippen LogP contribution in [0.3, 0.4) is 0 Å². The highest BCUT2D eigenvalue weighted by Gasteiger charge is 2.47. The molecule has 0 N–H and O–H groups in total. The summed E-state index contributed by atoms with van der Waals surface area (Å²) in [7, 11) is 0. The fourth-order valence-corrected chi connectivity index (χ4v) is 3.01. The van der Waals surface area contributed by atoms with Gasteiger partial charge in [-0.3, -0.25) is 9.20 Å². The number of carbonyl (C=O) groups excluding carboxylic acids is 1. The van der Waals surface area contributed by atoms with Crippen LogP contribution in [0.15, 0.2) is 6.07 Å². The van der Waals surface area contributed by atoms with Crippen molar-refractivity contribution < 1.29 is 18.0 Å². The second-order valence-electron chi connectivity index (χ2n) is 5.75. The lowest BCUT2D eigenvalue weighted by Crippen LogP contribution is -2.51. The van der Waals surface area contributed by atoms with E-state index in [2.05, 4.69) is 15.2 Å². The second kappa shape index (κ2) is 5.47. The number of rotatable bonds is 1. The van der Waals surface area contributed by atoms with E-state index in [-0.39, 0.29) is 24.6 Å². The molecule has 1 atom stereocenters. The maximum absolute atomic E-state index is 13.2. The van der Waals surface area contributed by atoms with Crippen LogP contribution in [0.5, 0.6) is 0 Å². The Hall–Kier alpha value is -2.19. The van der Waals surface area contributed by atoms with Crippen LogP contribution >= 0.6 is 0 Å². The van der Waals surface area contributed by atoms with E-state index in [9.17, 15) is 18.0 Å². The van der Waals surface area contributed by atoms with E-state index in [0.29, 0.717) is 24.2 Å². The zero-order valence-corrected chi connectivity index (χ0v) is 12.8. The normalized spacial score (nSPS) is 19.3. The van der Waals surface area contributed by atoms with Crippen molar-refractivity contribution in [2.75, 3.05) is 6.54 Å². The van der Waals surface area contributed by atoms with E-state index in [4.69, 9.17) is 0 Å². The molecule has 1 aliphatic heterocycles. The Morgan fingerprint density at radius 1 is 1.26 bits per heavy atom. The topological polar surface area (TPSA) is 63.4 Å². The molecular formula is C14H16F3N5O. The van der Waals surface area contributed by atoms with Crippen molar-refractivity contribution in [3.63, 3.8) is 0 Å². The third kappa shape index (κ3) is 2.75. The predicted octanol–water partition coefficient (Wildman–Crippen LogP) is 2.30. The number of alkyl halides is 3. The zero-order valence-electron chi connectivity index (χ0n) is 12.8. The SMILES string of the molecule is Cc1cc(C)n2c(C(=O)N3CCCCC3C(F)(F)F)nnc2n1. The monoisotopic (exact) mass is 327 g/mol. The lowest BCUT2D eigenvalue weighted by molar-refractivity contribution is -0.183. The van der Waals surface area contributed by atoms with Crippen LogP contribution in [0, 0.1) is 13.8 Å². The van der Waals surface area contributed by atoms with E-state index in [0.717, 1.165) is 4.90 Å². The van der Waals surface area contributed by atoms with Crippen LogP contribution in [-0.4, -0.2) is 49.2 Å². The molecule has 1 unspecified atom stereocenters. The lowest BCUT2D eigenvalue weighted by atomic mass is 10.0. The van der Waals surface area contributed by atoms with Crippen molar-refractivity contribution in [3.8, 4) is 0 Å². The molecule has 0 saturated carbocycles. The fraction of sp³-hybridized carbons (Fsp3) is 0.571. The van der Waals surface area contributed by atoms with Gasteiger partial charge in [0, 0.05) is 17.9 Å². The molecule has 1 aliphatic rings. The van der Waals surface area contributed by atoms with E-state index >= 15 is 0 Å². The summed E-state index contributed by atoms with van der Waals surface area (Å²) in [5.41, 5.74) is 1.36. The summed E-state index contributed by atoms with van der Waals surface area (Å²) in [6.45, 7) is 3.57. The first-order chi connectivity index (χ1) is 10.8. The standard InChI is InChI=1S/C14H16F3N5O/c1-8-7-9(2)22-11(19-20-13(22)18-8)12(23)21-6-4-3-5-10(21)14(15,16)17/h7,10H,3-6H2,1-2H3. The molecule has 2 aromatic heterocycles. The van der Waals surface area contributed by atoms with Gasteiger partial charge in [0.05, 0.1) is 0 Å². The number of nitrogens with zero attached hydrogens (tertiary/aromatic N) is 5. The van der Waals surface area contributed by atoms with E-state index in [1.54, 1.807) is 19.9 Å². The number of amides is 1. The van der Waals surface area contributed by atoms with Crippen LogP contribution < -0.4 is 0 Å². The Labute approximate surface area is 130 Å². The third-order valence-electron chi connectivity index (χ3n) is 4.03. The Balaban J connectivity index is 2.03. The minimum absolute atomic E-state index is 0.0657. The average Bonchev–Trinajstić information content (AvgIpc) is 2.89. The van der Waals surface area contributed by atoms with Crippen molar-refractivity contribution in [2.45, 2.75) is 45.3 Å². The second-order valence-corrected chi connectivity index (χ2v) is 5.75. The highest BCUT2D eigenvalue weighted by molar-refractivity contribution is 5.91. The third-order valence-corrected chi connectivity index (χ3v) is 4.03. The molecule has 9 heteroatoms. The van der Waals surface area contributed by atoms with Crippen LogP contribution in [0.25, 0.3) is 5.78 Å². The summed E-state index contributed by atoms with van der Waals surface area (Å²) in [6, 6.07) is -0.0419. The van der Waals surface area contributed by atoms with Gasteiger partial charge in [0.2, 0.25) is 5.82 Å². The number of carbonyl (C=O) groups is 1. The molecule has 0 bridgehead atoms.